The fourth-order valence-electron chi connectivity index (χ4n) is 4.55. The minimum absolute atomic E-state index is 0.389. The number of rotatable bonds is 17. The average molecular weight is 654 g/mol. The van der Waals surface area contributed by atoms with Crippen LogP contribution in [0.1, 0.15) is 88.4 Å². The summed E-state index contributed by atoms with van der Waals surface area (Å²) in [6, 6.07) is 20.6. The highest BCUT2D eigenvalue weighted by molar-refractivity contribution is 9.10. The van der Waals surface area contributed by atoms with E-state index >= 15 is 0 Å². The Labute approximate surface area is 272 Å². The third-order valence-electron chi connectivity index (χ3n) is 6.96. The highest BCUT2D eigenvalue weighted by Gasteiger charge is 2.13. The van der Waals surface area contributed by atoms with Crippen LogP contribution in [-0.2, 0) is 0 Å². The lowest BCUT2D eigenvalue weighted by Gasteiger charge is -2.12. The lowest BCUT2D eigenvalue weighted by atomic mass is 10.1. The van der Waals surface area contributed by atoms with E-state index in [-0.39, 0.29) is 0 Å². The van der Waals surface area contributed by atoms with E-state index in [0.717, 1.165) is 29.9 Å². The second-order valence-electron chi connectivity index (χ2n) is 10.5. The van der Waals surface area contributed by atoms with Crippen LogP contribution < -0.4 is 14.2 Å². The van der Waals surface area contributed by atoms with Gasteiger partial charge in [-0.2, -0.15) is 0 Å². The first-order chi connectivity index (χ1) is 21.5. The van der Waals surface area contributed by atoms with Crippen LogP contribution in [0.15, 0.2) is 71.2 Å². The third kappa shape index (κ3) is 12.6. The van der Waals surface area contributed by atoms with Gasteiger partial charge in [-0.3, -0.25) is 0 Å². The van der Waals surface area contributed by atoms with Crippen LogP contribution in [0.25, 0.3) is 11.1 Å². The molecule has 0 fully saturated rings. The van der Waals surface area contributed by atoms with Gasteiger partial charge in [0.15, 0.2) is 6.10 Å². The Hall–Kier alpha value is -4.11. The summed E-state index contributed by atoms with van der Waals surface area (Å²) >= 11 is 3.46. The Morgan fingerprint density at radius 2 is 1.36 bits per heavy atom. The Kier molecular flexibility index (Phi) is 15.6. The van der Waals surface area contributed by atoms with E-state index in [1.165, 1.54) is 57.8 Å². The Balaban J connectivity index is 1.41. The summed E-state index contributed by atoms with van der Waals surface area (Å²) in [5.74, 6) is 14.1. The molecule has 3 rings (SSSR count). The van der Waals surface area contributed by atoms with Crippen molar-refractivity contribution >= 4 is 21.9 Å². The molecule has 4 nitrogen and oxygen atoms in total. The van der Waals surface area contributed by atoms with Crippen molar-refractivity contribution < 1.29 is 19.0 Å². The topological polar surface area (TPSA) is 44.8 Å². The Morgan fingerprint density at radius 1 is 0.773 bits per heavy atom. The van der Waals surface area contributed by atoms with Gasteiger partial charge in [0, 0.05) is 0 Å². The van der Waals surface area contributed by atoms with E-state index < -0.39 is 12.1 Å². The van der Waals surface area contributed by atoms with Crippen molar-refractivity contribution in [3.05, 3.63) is 76.8 Å². The lowest BCUT2D eigenvalue weighted by molar-refractivity contribution is 0.0734. The zero-order valence-electron chi connectivity index (χ0n) is 25.8. The quantitative estimate of drug-likeness (QED) is 0.0630. The summed E-state index contributed by atoms with van der Waals surface area (Å²) in [6.07, 6.45) is 17.8. The molecule has 3 aromatic carbocycles. The van der Waals surface area contributed by atoms with Crippen LogP contribution in [0.2, 0.25) is 0 Å². The second kappa shape index (κ2) is 20.0. The maximum absolute atomic E-state index is 12.8. The normalized spacial score (nSPS) is 10.8. The van der Waals surface area contributed by atoms with E-state index in [1.54, 1.807) is 37.3 Å². The molecule has 44 heavy (non-hydrogen) atoms. The molecule has 228 valence electrons. The largest absolute Gasteiger partial charge is 0.494 e. The van der Waals surface area contributed by atoms with Gasteiger partial charge in [-0.1, -0.05) is 89.0 Å². The van der Waals surface area contributed by atoms with Gasteiger partial charge in [-0.25, -0.2) is 4.79 Å². The molecule has 0 aliphatic heterocycles. The van der Waals surface area contributed by atoms with Crippen LogP contribution in [-0.4, -0.2) is 18.7 Å². The number of unbranched alkanes of at least 4 members (excludes halogenated alkanes) is 9. The molecule has 0 N–H and O–H groups in total. The van der Waals surface area contributed by atoms with Crippen LogP contribution >= 0.6 is 15.9 Å². The van der Waals surface area contributed by atoms with Crippen molar-refractivity contribution in [2.24, 2.45) is 0 Å². The van der Waals surface area contributed by atoms with Crippen molar-refractivity contribution in [1.29, 1.82) is 0 Å². The first-order valence-electron chi connectivity index (χ1n) is 15.5. The molecule has 0 heterocycles. The van der Waals surface area contributed by atoms with Gasteiger partial charge in [0.25, 0.3) is 0 Å². The van der Waals surface area contributed by atoms with Crippen molar-refractivity contribution in [1.82, 2.24) is 0 Å². The van der Waals surface area contributed by atoms with Gasteiger partial charge in [0.2, 0.25) is 0 Å². The first-order valence-corrected chi connectivity index (χ1v) is 16.3. The molecule has 0 radical (unpaired) electrons. The van der Waals surface area contributed by atoms with Gasteiger partial charge in [-0.05, 0) is 112 Å². The van der Waals surface area contributed by atoms with Crippen molar-refractivity contribution in [2.75, 3.05) is 6.61 Å². The van der Waals surface area contributed by atoms with E-state index in [2.05, 4.69) is 52.5 Å². The number of ether oxygens (including phenoxy) is 3. The lowest BCUT2D eigenvalue weighted by Crippen LogP contribution is -2.11. The van der Waals surface area contributed by atoms with E-state index in [4.69, 9.17) is 20.6 Å². The molecule has 0 spiro atoms. The molecule has 1 atom stereocenters. The fourth-order valence-corrected chi connectivity index (χ4v) is 5.03. The highest BCUT2D eigenvalue weighted by Crippen LogP contribution is 2.29. The monoisotopic (exact) mass is 652 g/mol. The first kappa shape index (κ1) is 34.4. The zero-order valence-corrected chi connectivity index (χ0v) is 27.4. The molecule has 5 heteroatoms. The van der Waals surface area contributed by atoms with Gasteiger partial charge < -0.3 is 14.2 Å². The van der Waals surface area contributed by atoms with Crippen LogP contribution in [0, 0.1) is 36.0 Å². The third-order valence-corrected chi connectivity index (χ3v) is 7.58. The zero-order chi connectivity index (χ0) is 31.4. The number of esters is 1. The summed E-state index contributed by atoms with van der Waals surface area (Å²) in [5.41, 5.74) is 2.48. The minimum atomic E-state index is -0.466. The summed E-state index contributed by atoms with van der Waals surface area (Å²) in [7, 11) is 0. The molecule has 0 aliphatic rings. The predicted molar refractivity (Wildman–Crippen MR) is 183 cm³/mol. The molecule has 0 amide bonds. The molecule has 0 aliphatic carbocycles. The smallest absolute Gasteiger partial charge is 0.343 e. The number of hydrogen-bond acceptors (Lipinski definition) is 4. The van der Waals surface area contributed by atoms with Gasteiger partial charge in [0.1, 0.15) is 17.2 Å². The van der Waals surface area contributed by atoms with Gasteiger partial charge >= 0.3 is 5.97 Å². The van der Waals surface area contributed by atoms with Crippen LogP contribution in [0.5, 0.6) is 17.2 Å². The number of carbonyl (C=O) groups excluding carboxylic acids is 1. The predicted octanol–water partition coefficient (Wildman–Crippen LogP) is 10.0. The molecule has 3 aromatic rings. The SMILES string of the molecule is C#CC#CC#C[C@@H](C)Oc1ccc(C(=O)Oc2ccc(-c3ccc(OCCCCCCCCCCCC)cc3)cc2)cc1Br. The molecule has 0 saturated carbocycles. The van der Waals surface area contributed by atoms with Crippen molar-refractivity contribution in [3.63, 3.8) is 0 Å². The summed E-state index contributed by atoms with van der Waals surface area (Å²) in [4.78, 5) is 12.8. The van der Waals surface area contributed by atoms with Crippen LogP contribution in [0.4, 0.5) is 0 Å². The van der Waals surface area contributed by atoms with Crippen LogP contribution in [0.3, 0.4) is 0 Å². The second-order valence-corrected chi connectivity index (χ2v) is 11.4. The molecule has 0 aromatic heterocycles. The minimum Gasteiger partial charge on any atom is -0.494 e. The maximum atomic E-state index is 12.8. The Morgan fingerprint density at radius 3 is 1.95 bits per heavy atom. The summed E-state index contributed by atoms with van der Waals surface area (Å²) in [6.45, 7) is 4.81. The standard InChI is InChI=1S/C39H41BrO4/c1-4-6-8-10-11-12-13-14-15-17-29-42-35-24-19-32(20-25-35)33-21-26-36(27-22-33)44-39(41)34-23-28-38(37(40)30-34)43-31(3)18-16-9-7-5-2/h2,19-28,30-31H,4,6,8,10-15,17,29H2,1,3H3/t31-/m1/s1. The average Bonchev–Trinajstić information content (AvgIpc) is 3.03. The summed E-state index contributed by atoms with van der Waals surface area (Å²) < 4.78 is 17.9. The molecule has 0 unspecified atom stereocenters. The number of benzene rings is 3. The van der Waals surface area contributed by atoms with Crippen molar-refractivity contribution in [3.8, 4) is 64.4 Å². The molecular weight excluding hydrogens is 612 g/mol. The van der Waals surface area contributed by atoms with E-state index in [9.17, 15) is 4.79 Å². The molecule has 0 bridgehead atoms. The van der Waals surface area contributed by atoms with E-state index in [0.29, 0.717) is 21.5 Å². The van der Waals surface area contributed by atoms with Gasteiger partial charge in [0.05, 0.1) is 16.6 Å². The van der Waals surface area contributed by atoms with E-state index in [1.807, 2.05) is 36.4 Å². The highest BCUT2D eigenvalue weighted by atomic mass is 79.9. The molecule has 0 saturated heterocycles. The Bertz CT molecular complexity index is 1480. The van der Waals surface area contributed by atoms with Gasteiger partial charge in [-0.15, -0.1) is 6.42 Å². The fraction of sp³-hybridized carbons (Fsp3) is 0.359. The maximum Gasteiger partial charge on any atom is 0.343 e. The number of hydrogen-bond donors (Lipinski definition) is 0. The summed E-state index contributed by atoms with van der Waals surface area (Å²) in [5, 5.41) is 0. The number of halogens is 1. The molecular formula is C39H41BrO4. The number of carbonyl (C=O) groups is 1. The van der Waals surface area contributed by atoms with Crippen molar-refractivity contribution in [2.45, 2.75) is 84.2 Å². The number of terminal acetylenes is 1.